The lowest BCUT2D eigenvalue weighted by Gasteiger charge is -2.42. The Morgan fingerprint density at radius 2 is 2.17 bits per heavy atom. The molecule has 0 spiro atoms. The predicted molar refractivity (Wildman–Crippen MR) is 89.9 cm³/mol. The highest BCUT2D eigenvalue weighted by Crippen LogP contribution is 2.27. The van der Waals surface area contributed by atoms with Crippen molar-refractivity contribution in [1.29, 1.82) is 0 Å². The molecule has 1 fully saturated rings. The summed E-state index contributed by atoms with van der Waals surface area (Å²) in [5, 5.41) is 18.0. The third-order valence-electron chi connectivity index (χ3n) is 4.09. The molecule has 0 bridgehead atoms. The van der Waals surface area contributed by atoms with Gasteiger partial charge in [-0.2, -0.15) is 5.10 Å². The van der Waals surface area contributed by atoms with Gasteiger partial charge >= 0.3 is 0 Å². The van der Waals surface area contributed by atoms with Crippen LogP contribution in [0.3, 0.4) is 0 Å². The lowest BCUT2D eigenvalue weighted by Crippen LogP contribution is -2.59. The molecule has 2 N–H and O–H groups in total. The molecule has 0 saturated carbocycles. The van der Waals surface area contributed by atoms with Crippen molar-refractivity contribution in [1.82, 2.24) is 20.0 Å². The van der Waals surface area contributed by atoms with Crippen LogP contribution >= 0.6 is 0 Å². The van der Waals surface area contributed by atoms with Gasteiger partial charge in [-0.15, -0.1) is 0 Å². The molecule has 130 valence electrons. The van der Waals surface area contributed by atoms with E-state index in [1.807, 2.05) is 29.8 Å². The fourth-order valence-corrected chi connectivity index (χ4v) is 3.27. The van der Waals surface area contributed by atoms with Crippen LogP contribution < -0.4 is 0 Å². The van der Waals surface area contributed by atoms with Crippen molar-refractivity contribution in [3.05, 3.63) is 17.5 Å². The molecular formula is C17H30N4O2. The van der Waals surface area contributed by atoms with Crippen LogP contribution in [-0.4, -0.2) is 63.3 Å². The number of aromatic amines is 1. The number of hydrogen-bond donors (Lipinski definition) is 2. The minimum Gasteiger partial charge on any atom is -0.379 e. The fourth-order valence-electron chi connectivity index (χ4n) is 3.27. The Morgan fingerprint density at radius 3 is 2.74 bits per heavy atom. The Hall–Kier alpha value is -1.40. The van der Waals surface area contributed by atoms with E-state index in [1.165, 1.54) is 0 Å². The number of hydrogen-bond acceptors (Lipinski definition) is 4. The van der Waals surface area contributed by atoms with Crippen LogP contribution in [0.1, 0.15) is 45.0 Å². The van der Waals surface area contributed by atoms with Gasteiger partial charge in [-0.25, -0.2) is 0 Å². The van der Waals surface area contributed by atoms with Crippen molar-refractivity contribution in [2.24, 2.45) is 5.41 Å². The summed E-state index contributed by atoms with van der Waals surface area (Å²) < 4.78 is 0. The maximum atomic E-state index is 12.7. The van der Waals surface area contributed by atoms with Crippen LogP contribution in [-0.2, 0) is 11.3 Å². The second kappa shape index (κ2) is 6.61. The van der Waals surface area contributed by atoms with Gasteiger partial charge in [0.1, 0.15) is 0 Å². The van der Waals surface area contributed by atoms with Gasteiger partial charge in [0.05, 0.1) is 5.69 Å². The number of aryl methyl sites for hydroxylation is 1. The third-order valence-corrected chi connectivity index (χ3v) is 4.09. The summed E-state index contributed by atoms with van der Waals surface area (Å²) in [4.78, 5) is 16.5. The minimum absolute atomic E-state index is 0.0341. The number of amides is 1. The Morgan fingerprint density at radius 1 is 1.48 bits per heavy atom. The second-order valence-corrected chi connectivity index (χ2v) is 8.14. The SMILES string of the molecule is Cc1cc(CN(C)C[C@@]2(O)CCCN(CC(C)(C)C)C2=O)n[nH]1. The van der Waals surface area contributed by atoms with Gasteiger partial charge in [0.2, 0.25) is 0 Å². The molecule has 2 rings (SSSR count). The minimum atomic E-state index is -1.29. The van der Waals surface area contributed by atoms with Crippen molar-refractivity contribution in [3.8, 4) is 0 Å². The predicted octanol–water partition coefficient (Wildman–Crippen LogP) is 1.55. The highest BCUT2D eigenvalue weighted by atomic mass is 16.3. The van der Waals surface area contributed by atoms with Crippen molar-refractivity contribution >= 4 is 5.91 Å². The maximum absolute atomic E-state index is 12.7. The number of likely N-dealkylation sites (N-methyl/N-ethyl adjacent to an activating group) is 1. The molecule has 1 aliphatic rings. The normalized spacial score (nSPS) is 22.9. The summed E-state index contributed by atoms with van der Waals surface area (Å²) in [5.41, 5.74) is 0.677. The number of carbonyl (C=O) groups excluding carboxylic acids is 1. The van der Waals surface area contributed by atoms with Gasteiger partial charge in [0.15, 0.2) is 5.60 Å². The highest BCUT2D eigenvalue weighted by molar-refractivity contribution is 5.86. The summed E-state index contributed by atoms with van der Waals surface area (Å²) in [5.74, 6) is -0.135. The first-order valence-electron chi connectivity index (χ1n) is 8.30. The van der Waals surface area contributed by atoms with Crippen molar-refractivity contribution in [2.75, 3.05) is 26.7 Å². The summed E-state index contributed by atoms with van der Waals surface area (Å²) >= 11 is 0. The van der Waals surface area contributed by atoms with Gasteiger partial charge in [0.25, 0.3) is 5.91 Å². The first-order valence-corrected chi connectivity index (χ1v) is 8.30. The highest BCUT2D eigenvalue weighted by Gasteiger charge is 2.43. The van der Waals surface area contributed by atoms with Gasteiger partial charge in [-0.05, 0) is 38.3 Å². The van der Waals surface area contributed by atoms with E-state index < -0.39 is 5.60 Å². The number of rotatable bonds is 5. The Labute approximate surface area is 138 Å². The molecule has 0 unspecified atom stereocenters. The van der Waals surface area contributed by atoms with E-state index in [2.05, 4.69) is 31.0 Å². The second-order valence-electron chi connectivity index (χ2n) is 8.14. The van der Waals surface area contributed by atoms with Crippen molar-refractivity contribution < 1.29 is 9.90 Å². The summed E-state index contributed by atoms with van der Waals surface area (Å²) in [6.45, 7) is 10.6. The van der Waals surface area contributed by atoms with E-state index >= 15 is 0 Å². The van der Waals surface area contributed by atoms with Gasteiger partial charge < -0.3 is 10.0 Å². The number of aromatic nitrogens is 2. The molecule has 1 saturated heterocycles. The van der Waals surface area contributed by atoms with Crippen LogP contribution in [0.5, 0.6) is 0 Å². The zero-order valence-electron chi connectivity index (χ0n) is 15.0. The monoisotopic (exact) mass is 322 g/mol. The van der Waals surface area contributed by atoms with Crippen molar-refractivity contribution in [2.45, 2.75) is 52.7 Å². The quantitative estimate of drug-likeness (QED) is 0.863. The van der Waals surface area contributed by atoms with E-state index in [0.29, 0.717) is 26.1 Å². The number of piperidine rings is 1. The number of nitrogens with zero attached hydrogens (tertiary/aromatic N) is 3. The van der Waals surface area contributed by atoms with E-state index in [9.17, 15) is 9.90 Å². The maximum Gasteiger partial charge on any atom is 0.255 e. The standard InChI is InChI=1S/C17H30N4O2/c1-13-9-14(19-18-13)10-20(5)12-17(23)7-6-8-21(15(17)22)11-16(2,3)4/h9,23H,6-8,10-12H2,1-5H3,(H,18,19)/t17-/m0/s1. The number of nitrogens with one attached hydrogen (secondary N) is 1. The zero-order chi connectivity index (χ0) is 17.3. The number of carbonyl (C=O) groups is 1. The van der Waals surface area contributed by atoms with Gasteiger partial charge in [-0.3, -0.25) is 14.8 Å². The molecule has 6 heteroatoms. The molecule has 2 heterocycles. The van der Waals surface area contributed by atoms with E-state index in [1.54, 1.807) is 0 Å². The number of likely N-dealkylation sites (tertiary alicyclic amines) is 1. The average molecular weight is 322 g/mol. The molecule has 1 atom stereocenters. The Kier molecular flexibility index (Phi) is 5.16. The zero-order valence-corrected chi connectivity index (χ0v) is 15.0. The molecule has 1 aliphatic heterocycles. The van der Waals surface area contributed by atoms with Gasteiger partial charge in [0, 0.05) is 31.9 Å². The van der Waals surface area contributed by atoms with Crippen LogP contribution in [0.2, 0.25) is 0 Å². The average Bonchev–Trinajstić information content (AvgIpc) is 2.79. The third kappa shape index (κ3) is 4.78. The number of aliphatic hydroxyl groups is 1. The molecule has 1 amide bonds. The topological polar surface area (TPSA) is 72.5 Å². The molecule has 23 heavy (non-hydrogen) atoms. The molecule has 0 aliphatic carbocycles. The molecule has 0 radical (unpaired) electrons. The Bertz CT molecular complexity index is 549. The Balaban J connectivity index is 2.00. The molecular weight excluding hydrogens is 292 g/mol. The lowest BCUT2D eigenvalue weighted by molar-refractivity contribution is -0.160. The molecule has 6 nitrogen and oxygen atoms in total. The smallest absolute Gasteiger partial charge is 0.255 e. The molecule has 1 aromatic heterocycles. The fraction of sp³-hybridized carbons (Fsp3) is 0.765. The van der Waals surface area contributed by atoms with Crippen LogP contribution in [0.25, 0.3) is 0 Å². The van der Waals surface area contributed by atoms with Crippen LogP contribution in [0, 0.1) is 12.3 Å². The van der Waals surface area contributed by atoms with E-state index in [-0.39, 0.29) is 11.3 Å². The summed E-state index contributed by atoms with van der Waals surface area (Å²) in [6.07, 6.45) is 1.37. The summed E-state index contributed by atoms with van der Waals surface area (Å²) in [6, 6.07) is 1.98. The lowest BCUT2D eigenvalue weighted by atomic mass is 9.88. The summed E-state index contributed by atoms with van der Waals surface area (Å²) in [7, 11) is 1.91. The number of H-pyrrole nitrogens is 1. The van der Waals surface area contributed by atoms with Gasteiger partial charge in [-0.1, -0.05) is 20.8 Å². The van der Waals surface area contributed by atoms with Crippen molar-refractivity contribution in [3.63, 3.8) is 0 Å². The van der Waals surface area contributed by atoms with Crippen LogP contribution in [0.4, 0.5) is 0 Å². The molecule has 1 aromatic rings. The van der Waals surface area contributed by atoms with E-state index in [4.69, 9.17) is 0 Å². The first-order chi connectivity index (χ1) is 10.6. The van der Waals surface area contributed by atoms with E-state index in [0.717, 1.165) is 24.4 Å². The van der Waals surface area contributed by atoms with Crippen LogP contribution in [0.15, 0.2) is 6.07 Å². The largest absolute Gasteiger partial charge is 0.379 e. The first kappa shape index (κ1) is 17.9. The molecule has 0 aromatic carbocycles.